The predicted octanol–water partition coefficient (Wildman–Crippen LogP) is 2.46. The van der Waals surface area contributed by atoms with E-state index in [9.17, 15) is 9.59 Å². The number of carbonyl (C=O) groups excluding carboxylic acids is 1. The average molecular weight is 260 g/mol. The Labute approximate surface area is 106 Å². The molecular weight excluding hydrogens is 240 g/mol. The molecule has 1 rings (SSSR count). The maximum Gasteiger partial charge on any atom is 0.320 e. The van der Waals surface area contributed by atoms with Gasteiger partial charge in [0.1, 0.15) is 10.9 Å². The molecule has 2 unspecified atom stereocenters. The number of carbonyl (C=O) groups is 2. The Kier molecular flexibility index (Phi) is 5.31. The molecule has 2 atom stereocenters. The van der Waals surface area contributed by atoms with Crippen LogP contribution in [0, 0.1) is 0 Å². The molecule has 98 valence electrons. The van der Waals surface area contributed by atoms with Crippen molar-refractivity contribution < 1.29 is 19.4 Å². The maximum absolute atomic E-state index is 11.7. The summed E-state index contributed by atoms with van der Waals surface area (Å²) >= 11 is 1.41. The number of unbranched alkanes of at least 4 members (excludes halogenated alkanes) is 2. The Balaban J connectivity index is 2.44. The molecule has 0 saturated carbocycles. The Morgan fingerprint density at radius 2 is 2.29 bits per heavy atom. The van der Waals surface area contributed by atoms with Gasteiger partial charge in [0.15, 0.2) is 0 Å². The van der Waals surface area contributed by atoms with Gasteiger partial charge in [0.2, 0.25) is 0 Å². The summed E-state index contributed by atoms with van der Waals surface area (Å²) in [6.45, 7) is 4.07. The second-order valence-corrected chi connectivity index (χ2v) is 5.92. The van der Waals surface area contributed by atoms with E-state index in [1.807, 2.05) is 6.92 Å². The van der Waals surface area contributed by atoms with Gasteiger partial charge in [0, 0.05) is 5.75 Å². The van der Waals surface area contributed by atoms with Crippen LogP contribution >= 0.6 is 11.8 Å². The highest BCUT2D eigenvalue weighted by atomic mass is 32.2. The van der Waals surface area contributed by atoms with Gasteiger partial charge in [0.25, 0.3) is 0 Å². The van der Waals surface area contributed by atoms with Crippen molar-refractivity contribution in [3.05, 3.63) is 0 Å². The van der Waals surface area contributed by atoms with Crippen LogP contribution in [0.15, 0.2) is 0 Å². The van der Waals surface area contributed by atoms with Crippen molar-refractivity contribution >= 4 is 23.7 Å². The van der Waals surface area contributed by atoms with E-state index < -0.39 is 16.8 Å². The van der Waals surface area contributed by atoms with Crippen LogP contribution < -0.4 is 0 Å². The van der Waals surface area contributed by atoms with Crippen LogP contribution in [0.4, 0.5) is 0 Å². The van der Waals surface area contributed by atoms with Crippen LogP contribution in [0.25, 0.3) is 0 Å². The van der Waals surface area contributed by atoms with Gasteiger partial charge in [0.05, 0.1) is 6.42 Å². The number of thioether (sulfide) groups is 1. The van der Waals surface area contributed by atoms with Gasteiger partial charge >= 0.3 is 11.9 Å². The van der Waals surface area contributed by atoms with Crippen LogP contribution in [-0.2, 0) is 14.3 Å². The maximum atomic E-state index is 11.7. The molecule has 0 spiro atoms. The van der Waals surface area contributed by atoms with Crippen molar-refractivity contribution in [3.8, 4) is 0 Å². The Morgan fingerprint density at radius 3 is 2.82 bits per heavy atom. The molecule has 1 heterocycles. The topological polar surface area (TPSA) is 63.6 Å². The zero-order valence-electron chi connectivity index (χ0n) is 10.4. The zero-order chi connectivity index (χ0) is 12.9. The fraction of sp³-hybridized carbons (Fsp3) is 0.833. The summed E-state index contributed by atoms with van der Waals surface area (Å²) in [5.74, 6) is -0.628. The van der Waals surface area contributed by atoms with E-state index in [-0.39, 0.29) is 12.4 Å². The number of hydrogen-bond acceptors (Lipinski definition) is 4. The van der Waals surface area contributed by atoms with Gasteiger partial charge in [-0.25, -0.2) is 0 Å². The van der Waals surface area contributed by atoms with Crippen LogP contribution in [-0.4, -0.2) is 33.6 Å². The summed E-state index contributed by atoms with van der Waals surface area (Å²) < 4.78 is 5.41. The van der Waals surface area contributed by atoms with E-state index in [4.69, 9.17) is 9.84 Å². The van der Waals surface area contributed by atoms with E-state index in [1.54, 1.807) is 0 Å². The largest absolute Gasteiger partial charge is 0.481 e. The number of hydrogen-bond donors (Lipinski definition) is 1. The molecule has 4 nitrogen and oxygen atoms in total. The summed E-state index contributed by atoms with van der Waals surface area (Å²) in [4.78, 5) is 22.2. The summed E-state index contributed by atoms with van der Waals surface area (Å²) in [5, 5.41) is 8.13. The van der Waals surface area contributed by atoms with Crippen LogP contribution in [0.3, 0.4) is 0 Å². The van der Waals surface area contributed by atoms with E-state index in [0.29, 0.717) is 5.75 Å². The molecule has 1 aliphatic rings. The predicted molar refractivity (Wildman–Crippen MR) is 67.1 cm³/mol. The number of cyclic esters (lactones) is 1. The molecule has 17 heavy (non-hydrogen) atoms. The molecule has 0 radical (unpaired) electrons. The fourth-order valence-electron chi connectivity index (χ4n) is 1.86. The van der Waals surface area contributed by atoms with Gasteiger partial charge < -0.3 is 9.84 Å². The molecule has 0 aromatic heterocycles. The minimum atomic E-state index is -0.950. The van der Waals surface area contributed by atoms with Gasteiger partial charge in [-0.15, -0.1) is 11.8 Å². The molecule has 0 bridgehead atoms. The first-order valence-corrected chi connectivity index (χ1v) is 7.08. The molecule has 0 aromatic carbocycles. The summed E-state index contributed by atoms with van der Waals surface area (Å²) in [7, 11) is 0. The third-order valence-corrected chi connectivity index (χ3v) is 4.41. The lowest BCUT2D eigenvalue weighted by molar-refractivity contribution is -0.159. The number of ether oxygens (including phenoxy) is 1. The lowest BCUT2D eigenvalue weighted by Gasteiger charge is -2.36. The van der Waals surface area contributed by atoms with Gasteiger partial charge in [-0.1, -0.05) is 19.8 Å². The second-order valence-electron chi connectivity index (χ2n) is 4.73. The normalized spacial score (nSPS) is 28.8. The first-order chi connectivity index (χ1) is 7.97. The average Bonchev–Trinajstić information content (AvgIpc) is 2.22. The van der Waals surface area contributed by atoms with Gasteiger partial charge in [-0.05, 0) is 19.8 Å². The number of esters is 1. The number of carboxylic acid groups (broad SMARTS) is 1. The molecule has 0 aromatic rings. The van der Waals surface area contributed by atoms with Crippen LogP contribution in [0.1, 0.15) is 46.0 Å². The highest BCUT2D eigenvalue weighted by Gasteiger charge is 2.39. The van der Waals surface area contributed by atoms with Crippen molar-refractivity contribution in [3.63, 3.8) is 0 Å². The van der Waals surface area contributed by atoms with Gasteiger partial charge in [-0.3, -0.25) is 9.59 Å². The number of rotatable bonds is 6. The van der Waals surface area contributed by atoms with Crippen molar-refractivity contribution in [2.24, 2.45) is 0 Å². The second kappa shape index (κ2) is 6.28. The third kappa shape index (κ3) is 4.58. The lowest BCUT2D eigenvalue weighted by atomic mass is 10.00. The van der Waals surface area contributed by atoms with E-state index >= 15 is 0 Å². The number of carboxylic acids is 1. The summed E-state index contributed by atoms with van der Waals surface area (Å²) in [6.07, 6.45) is 4.04. The van der Waals surface area contributed by atoms with Crippen molar-refractivity contribution in [1.82, 2.24) is 0 Å². The summed E-state index contributed by atoms with van der Waals surface area (Å²) in [5.41, 5.74) is -0.411. The lowest BCUT2D eigenvalue weighted by Crippen LogP contribution is -2.43. The quantitative estimate of drug-likeness (QED) is 0.587. The van der Waals surface area contributed by atoms with Crippen molar-refractivity contribution in [2.45, 2.75) is 56.8 Å². The first-order valence-electron chi connectivity index (χ1n) is 6.03. The molecule has 0 aliphatic carbocycles. The van der Waals surface area contributed by atoms with Gasteiger partial charge in [-0.2, -0.15) is 0 Å². The van der Waals surface area contributed by atoms with E-state index in [2.05, 4.69) is 6.92 Å². The van der Waals surface area contributed by atoms with E-state index in [1.165, 1.54) is 11.8 Å². The molecule has 1 N–H and O–H groups in total. The van der Waals surface area contributed by atoms with Crippen LogP contribution in [0.5, 0.6) is 0 Å². The minimum absolute atomic E-state index is 0.144. The van der Waals surface area contributed by atoms with Crippen LogP contribution in [0.2, 0.25) is 0 Å². The third-order valence-electron chi connectivity index (χ3n) is 2.87. The SMILES string of the molecule is CCCCCC1(C)CSC(CC(=O)O)C(=O)O1. The van der Waals surface area contributed by atoms with Crippen molar-refractivity contribution in [2.75, 3.05) is 5.75 Å². The molecule has 0 amide bonds. The molecule has 1 fully saturated rings. The Bertz CT molecular complexity index is 292. The first kappa shape index (κ1) is 14.4. The Morgan fingerprint density at radius 1 is 1.59 bits per heavy atom. The monoisotopic (exact) mass is 260 g/mol. The molecule has 5 heteroatoms. The molecule has 1 aliphatic heterocycles. The smallest absolute Gasteiger partial charge is 0.320 e. The Hall–Kier alpha value is -0.710. The molecular formula is C12H20O4S. The zero-order valence-corrected chi connectivity index (χ0v) is 11.2. The van der Waals surface area contributed by atoms with Crippen molar-refractivity contribution in [1.29, 1.82) is 0 Å². The minimum Gasteiger partial charge on any atom is -0.481 e. The summed E-state index contributed by atoms with van der Waals surface area (Å²) in [6, 6.07) is 0. The standard InChI is InChI=1S/C12H20O4S/c1-3-4-5-6-12(2)8-17-9(7-10(13)14)11(15)16-12/h9H,3-8H2,1-2H3,(H,13,14). The fourth-order valence-corrected chi connectivity index (χ4v) is 3.06. The number of aliphatic carboxylic acids is 1. The highest BCUT2D eigenvalue weighted by Crippen LogP contribution is 2.34. The highest BCUT2D eigenvalue weighted by molar-refractivity contribution is 8.00. The van der Waals surface area contributed by atoms with E-state index in [0.717, 1.165) is 25.7 Å². The molecule has 1 saturated heterocycles.